The number of aryl methyl sites for hydroxylation is 1. The van der Waals surface area contributed by atoms with E-state index in [4.69, 9.17) is 0 Å². The third kappa shape index (κ3) is 2.09. The monoisotopic (exact) mass is 196 g/mol. The molecule has 0 saturated heterocycles. The fourth-order valence-corrected chi connectivity index (χ4v) is 2.56. The molecule has 0 unspecified atom stereocenters. The number of rotatable bonds is 4. The average Bonchev–Trinajstić information content (AvgIpc) is 2.89. The number of hydrogen-bond acceptors (Lipinski definition) is 3. The minimum atomic E-state index is 0.805. The molecule has 0 aromatic carbocycles. The number of hydrogen-bond donors (Lipinski definition) is 1. The molecule has 1 aromatic heterocycles. The van der Waals surface area contributed by atoms with Crippen molar-refractivity contribution in [2.24, 2.45) is 0 Å². The third-order valence-corrected chi connectivity index (χ3v) is 3.69. The first-order valence-corrected chi connectivity index (χ1v) is 5.79. The van der Waals surface area contributed by atoms with Gasteiger partial charge in [0.25, 0.3) is 0 Å². The molecule has 1 fully saturated rings. The highest BCUT2D eigenvalue weighted by Crippen LogP contribution is 2.42. The molecular formula is C10H16N2S. The second kappa shape index (κ2) is 3.76. The fraction of sp³-hybridized carbons (Fsp3) is 0.700. The number of nitrogens with zero attached hydrogens (tertiary/aromatic N) is 1. The van der Waals surface area contributed by atoms with Gasteiger partial charge in [0.05, 0.1) is 10.7 Å². The standard InChI is InChI=1S/C10H16N2S/c1-3-11-6-9-7(2)12-10(13-9)8-4-5-8/h8,11H,3-6H2,1-2H3. The largest absolute Gasteiger partial charge is 0.312 e. The molecule has 3 heteroatoms. The average molecular weight is 196 g/mol. The van der Waals surface area contributed by atoms with Crippen LogP contribution in [0.3, 0.4) is 0 Å². The Morgan fingerprint density at radius 3 is 2.92 bits per heavy atom. The third-order valence-electron chi connectivity index (χ3n) is 2.37. The highest BCUT2D eigenvalue weighted by Gasteiger charge is 2.27. The van der Waals surface area contributed by atoms with Crippen LogP contribution in [0.2, 0.25) is 0 Å². The summed E-state index contributed by atoms with van der Waals surface area (Å²) in [6, 6.07) is 0. The minimum absolute atomic E-state index is 0.805. The zero-order valence-electron chi connectivity index (χ0n) is 8.26. The quantitative estimate of drug-likeness (QED) is 0.800. The first kappa shape index (κ1) is 9.16. The zero-order valence-corrected chi connectivity index (χ0v) is 9.08. The fourth-order valence-electron chi connectivity index (χ4n) is 1.36. The van der Waals surface area contributed by atoms with Crippen molar-refractivity contribution in [1.29, 1.82) is 0 Å². The van der Waals surface area contributed by atoms with Crippen molar-refractivity contribution in [1.82, 2.24) is 10.3 Å². The second-order valence-corrected chi connectivity index (χ2v) is 4.73. The Balaban J connectivity index is 2.06. The van der Waals surface area contributed by atoms with Crippen molar-refractivity contribution in [2.75, 3.05) is 6.54 Å². The Kier molecular flexibility index (Phi) is 2.65. The van der Waals surface area contributed by atoms with E-state index < -0.39 is 0 Å². The van der Waals surface area contributed by atoms with Gasteiger partial charge in [0.1, 0.15) is 0 Å². The smallest absolute Gasteiger partial charge is 0.0962 e. The molecule has 0 atom stereocenters. The molecule has 13 heavy (non-hydrogen) atoms. The Hall–Kier alpha value is -0.410. The van der Waals surface area contributed by atoms with E-state index in [1.165, 1.54) is 28.4 Å². The van der Waals surface area contributed by atoms with Gasteiger partial charge in [-0.25, -0.2) is 4.98 Å². The summed E-state index contributed by atoms with van der Waals surface area (Å²) in [4.78, 5) is 6.02. The van der Waals surface area contributed by atoms with Crippen molar-refractivity contribution in [2.45, 2.75) is 39.2 Å². The molecule has 1 aliphatic rings. The Morgan fingerprint density at radius 1 is 1.54 bits per heavy atom. The zero-order chi connectivity index (χ0) is 9.26. The molecule has 1 saturated carbocycles. The number of nitrogens with one attached hydrogen (secondary N) is 1. The van der Waals surface area contributed by atoms with E-state index in [1.54, 1.807) is 0 Å². The molecule has 0 radical (unpaired) electrons. The molecular weight excluding hydrogens is 180 g/mol. The van der Waals surface area contributed by atoms with Crippen LogP contribution in [-0.2, 0) is 6.54 Å². The molecule has 2 rings (SSSR count). The van der Waals surface area contributed by atoms with Crippen LogP contribution < -0.4 is 5.32 Å². The van der Waals surface area contributed by atoms with E-state index in [0.717, 1.165) is 19.0 Å². The maximum atomic E-state index is 4.60. The van der Waals surface area contributed by atoms with Gasteiger partial charge in [-0.3, -0.25) is 0 Å². The van der Waals surface area contributed by atoms with Gasteiger partial charge < -0.3 is 5.32 Å². The van der Waals surface area contributed by atoms with E-state index in [0.29, 0.717) is 0 Å². The van der Waals surface area contributed by atoms with Gasteiger partial charge in [0, 0.05) is 17.3 Å². The second-order valence-electron chi connectivity index (χ2n) is 3.62. The van der Waals surface area contributed by atoms with Crippen molar-refractivity contribution in [3.05, 3.63) is 15.6 Å². The molecule has 72 valence electrons. The van der Waals surface area contributed by atoms with Crippen LogP contribution in [0.25, 0.3) is 0 Å². The highest BCUT2D eigenvalue weighted by molar-refractivity contribution is 7.11. The van der Waals surface area contributed by atoms with E-state index in [-0.39, 0.29) is 0 Å². The molecule has 2 nitrogen and oxygen atoms in total. The Labute approximate surface area is 83.4 Å². The van der Waals surface area contributed by atoms with Crippen molar-refractivity contribution < 1.29 is 0 Å². The first-order valence-electron chi connectivity index (χ1n) is 4.98. The Bertz CT molecular complexity index is 289. The van der Waals surface area contributed by atoms with Crippen LogP contribution in [0.15, 0.2) is 0 Å². The summed E-state index contributed by atoms with van der Waals surface area (Å²) in [6.45, 7) is 6.29. The lowest BCUT2D eigenvalue weighted by molar-refractivity contribution is 0.731. The van der Waals surface area contributed by atoms with E-state index >= 15 is 0 Å². The van der Waals surface area contributed by atoms with Crippen LogP contribution in [0, 0.1) is 6.92 Å². The maximum absolute atomic E-state index is 4.60. The van der Waals surface area contributed by atoms with Gasteiger partial charge in [0.2, 0.25) is 0 Å². The van der Waals surface area contributed by atoms with Crippen LogP contribution in [-0.4, -0.2) is 11.5 Å². The molecule has 1 N–H and O–H groups in total. The van der Waals surface area contributed by atoms with E-state index in [2.05, 4.69) is 24.1 Å². The first-order chi connectivity index (χ1) is 6.31. The summed E-state index contributed by atoms with van der Waals surface area (Å²) in [5.74, 6) is 0.805. The Morgan fingerprint density at radius 2 is 2.31 bits per heavy atom. The lowest BCUT2D eigenvalue weighted by atomic mass is 10.4. The summed E-state index contributed by atoms with van der Waals surface area (Å²) >= 11 is 1.90. The number of aromatic nitrogens is 1. The molecule has 1 heterocycles. The van der Waals surface area contributed by atoms with Gasteiger partial charge in [-0.2, -0.15) is 0 Å². The molecule has 0 amide bonds. The SMILES string of the molecule is CCNCc1sc(C2CC2)nc1C. The summed E-state index contributed by atoms with van der Waals surface area (Å²) in [5.41, 5.74) is 1.23. The highest BCUT2D eigenvalue weighted by atomic mass is 32.1. The van der Waals surface area contributed by atoms with Gasteiger partial charge in [-0.05, 0) is 26.3 Å². The van der Waals surface area contributed by atoms with Crippen molar-refractivity contribution >= 4 is 11.3 Å². The maximum Gasteiger partial charge on any atom is 0.0962 e. The van der Waals surface area contributed by atoms with Crippen molar-refractivity contribution in [3.8, 4) is 0 Å². The van der Waals surface area contributed by atoms with Gasteiger partial charge in [-0.15, -0.1) is 11.3 Å². The molecule has 1 aromatic rings. The normalized spacial score (nSPS) is 16.5. The van der Waals surface area contributed by atoms with Crippen LogP contribution >= 0.6 is 11.3 Å². The topological polar surface area (TPSA) is 24.9 Å². The van der Waals surface area contributed by atoms with Gasteiger partial charge >= 0.3 is 0 Å². The number of thiazole rings is 1. The molecule has 0 bridgehead atoms. The van der Waals surface area contributed by atoms with Crippen LogP contribution in [0.1, 0.15) is 41.3 Å². The summed E-state index contributed by atoms with van der Waals surface area (Å²) in [7, 11) is 0. The van der Waals surface area contributed by atoms with E-state index in [1.807, 2.05) is 11.3 Å². The lowest BCUT2D eigenvalue weighted by Crippen LogP contribution is -2.11. The van der Waals surface area contributed by atoms with Gasteiger partial charge in [-0.1, -0.05) is 6.92 Å². The molecule has 0 aliphatic heterocycles. The van der Waals surface area contributed by atoms with Crippen LogP contribution in [0.5, 0.6) is 0 Å². The van der Waals surface area contributed by atoms with Crippen LogP contribution in [0.4, 0.5) is 0 Å². The molecule has 1 aliphatic carbocycles. The summed E-state index contributed by atoms with van der Waals surface area (Å²) in [5, 5.41) is 4.71. The minimum Gasteiger partial charge on any atom is -0.312 e. The predicted octanol–water partition coefficient (Wildman–Crippen LogP) is 2.44. The summed E-state index contributed by atoms with van der Waals surface area (Å²) < 4.78 is 0. The van der Waals surface area contributed by atoms with Gasteiger partial charge in [0.15, 0.2) is 0 Å². The van der Waals surface area contributed by atoms with Crippen molar-refractivity contribution in [3.63, 3.8) is 0 Å². The predicted molar refractivity (Wildman–Crippen MR) is 56.2 cm³/mol. The molecule has 0 spiro atoms. The summed E-state index contributed by atoms with van der Waals surface area (Å²) in [6.07, 6.45) is 2.71. The van der Waals surface area contributed by atoms with E-state index in [9.17, 15) is 0 Å². The lowest BCUT2D eigenvalue weighted by Gasteiger charge is -1.97.